The lowest BCUT2D eigenvalue weighted by molar-refractivity contribution is -0.118. The molecule has 1 saturated heterocycles. The molecular weight excluding hydrogens is 374 g/mol. The number of hydrogen-bond donors (Lipinski definition) is 1. The third-order valence-corrected chi connectivity index (χ3v) is 5.64. The maximum absolute atomic E-state index is 12.4. The van der Waals surface area contributed by atoms with E-state index in [1.807, 2.05) is 44.2 Å². The van der Waals surface area contributed by atoms with Crippen molar-refractivity contribution in [1.82, 2.24) is 4.98 Å². The van der Waals surface area contributed by atoms with E-state index in [4.69, 9.17) is 9.72 Å². The molecule has 2 aromatic carbocycles. The molecular formula is C25H29N3O2. The van der Waals surface area contributed by atoms with Gasteiger partial charge in [-0.1, -0.05) is 25.1 Å². The Hall–Kier alpha value is -3.08. The van der Waals surface area contributed by atoms with Gasteiger partial charge in [-0.25, -0.2) is 4.98 Å². The van der Waals surface area contributed by atoms with Gasteiger partial charge < -0.3 is 15.0 Å². The normalized spacial score (nSPS) is 14.7. The van der Waals surface area contributed by atoms with E-state index in [1.54, 1.807) is 0 Å². The minimum Gasteiger partial charge on any atom is -0.481 e. The van der Waals surface area contributed by atoms with Crippen molar-refractivity contribution in [3.8, 4) is 5.75 Å². The minimum absolute atomic E-state index is 0.0563. The number of rotatable bonds is 5. The van der Waals surface area contributed by atoms with Crippen LogP contribution >= 0.6 is 0 Å². The Morgan fingerprint density at radius 3 is 2.57 bits per heavy atom. The number of carbonyl (C=O) groups excluding carboxylic acids is 1. The molecule has 1 fully saturated rings. The molecule has 3 aromatic rings. The average molecular weight is 404 g/mol. The van der Waals surface area contributed by atoms with Gasteiger partial charge in [-0.2, -0.15) is 0 Å². The van der Waals surface area contributed by atoms with Crippen LogP contribution in [0.1, 0.15) is 30.9 Å². The van der Waals surface area contributed by atoms with Gasteiger partial charge in [0.2, 0.25) is 0 Å². The predicted octanol–water partition coefficient (Wildman–Crippen LogP) is 5.11. The summed E-state index contributed by atoms with van der Waals surface area (Å²) in [6.45, 7) is 8.34. The number of aryl methyl sites for hydroxylation is 2. The molecule has 2 heterocycles. The molecule has 0 saturated carbocycles. The second kappa shape index (κ2) is 8.74. The summed E-state index contributed by atoms with van der Waals surface area (Å²) in [5.41, 5.74) is 3.82. The Labute approximate surface area is 178 Å². The Morgan fingerprint density at radius 1 is 1.10 bits per heavy atom. The first-order valence-corrected chi connectivity index (χ1v) is 10.6. The van der Waals surface area contributed by atoms with Gasteiger partial charge in [0.25, 0.3) is 5.91 Å². The first-order valence-electron chi connectivity index (χ1n) is 10.6. The summed E-state index contributed by atoms with van der Waals surface area (Å²) < 4.78 is 5.88. The summed E-state index contributed by atoms with van der Waals surface area (Å²) in [7, 11) is 0. The predicted molar refractivity (Wildman–Crippen MR) is 122 cm³/mol. The number of benzene rings is 2. The number of nitrogens with zero attached hydrogens (tertiary/aromatic N) is 2. The van der Waals surface area contributed by atoms with Gasteiger partial charge in [-0.15, -0.1) is 0 Å². The molecule has 0 bridgehead atoms. The highest BCUT2D eigenvalue weighted by Crippen LogP contribution is 2.28. The second-order valence-corrected chi connectivity index (χ2v) is 8.38. The summed E-state index contributed by atoms with van der Waals surface area (Å²) in [4.78, 5) is 19.6. The van der Waals surface area contributed by atoms with Crippen LogP contribution in [0.2, 0.25) is 0 Å². The molecule has 5 heteroatoms. The summed E-state index contributed by atoms with van der Waals surface area (Å²) in [5.74, 6) is 2.20. The fourth-order valence-electron chi connectivity index (χ4n) is 4.03. The van der Waals surface area contributed by atoms with E-state index in [0.717, 1.165) is 52.5 Å². The van der Waals surface area contributed by atoms with Gasteiger partial charge >= 0.3 is 0 Å². The summed E-state index contributed by atoms with van der Waals surface area (Å²) >= 11 is 0. The van der Waals surface area contributed by atoms with Crippen LogP contribution in [0.3, 0.4) is 0 Å². The number of hydrogen-bond acceptors (Lipinski definition) is 4. The SMILES string of the molecule is Cc1cc(C)cc(NC(=O)COc2cccc3ccc(N4CCC(C)CC4)nc23)c1. The standard InChI is InChI=1S/C25H29N3O2/c1-17-9-11-28(12-10-17)23-8-7-20-5-4-6-22(25(20)27-23)30-16-24(29)26-21-14-18(2)13-19(3)15-21/h4-8,13-15,17H,9-12,16H2,1-3H3,(H,26,29). The number of pyridine rings is 1. The van der Waals surface area contributed by atoms with Crippen molar-refractivity contribution < 1.29 is 9.53 Å². The number of fused-ring (bicyclic) bond motifs is 1. The molecule has 4 rings (SSSR count). The van der Waals surface area contributed by atoms with Crippen LogP contribution in [0.15, 0.2) is 48.5 Å². The topological polar surface area (TPSA) is 54.5 Å². The zero-order chi connectivity index (χ0) is 21.1. The van der Waals surface area contributed by atoms with Crippen LogP contribution < -0.4 is 15.0 Å². The van der Waals surface area contributed by atoms with Gasteiger partial charge in [0, 0.05) is 24.2 Å². The van der Waals surface area contributed by atoms with E-state index in [-0.39, 0.29) is 12.5 Å². The zero-order valence-electron chi connectivity index (χ0n) is 17.9. The first kappa shape index (κ1) is 20.2. The Bertz CT molecular complexity index is 1040. The second-order valence-electron chi connectivity index (χ2n) is 8.38. The van der Waals surface area contributed by atoms with Crippen molar-refractivity contribution in [3.05, 3.63) is 59.7 Å². The minimum atomic E-state index is -0.182. The van der Waals surface area contributed by atoms with Crippen LogP contribution in [-0.2, 0) is 4.79 Å². The fraction of sp³-hybridized carbons (Fsp3) is 0.360. The molecule has 0 radical (unpaired) electrons. The van der Waals surface area contributed by atoms with Gasteiger partial charge in [0.1, 0.15) is 17.1 Å². The number of para-hydroxylation sites is 1. The van der Waals surface area contributed by atoms with Crippen molar-refractivity contribution >= 4 is 28.3 Å². The van der Waals surface area contributed by atoms with Gasteiger partial charge in [-0.05, 0) is 74.1 Å². The Kier molecular flexibility index (Phi) is 5.88. The number of amides is 1. The van der Waals surface area contributed by atoms with E-state index in [2.05, 4.69) is 35.3 Å². The molecule has 156 valence electrons. The number of anilines is 2. The lowest BCUT2D eigenvalue weighted by Gasteiger charge is -2.31. The summed E-state index contributed by atoms with van der Waals surface area (Å²) in [6.07, 6.45) is 2.38. The lowest BCUT2D eigenvalue weighted by atomic mass is 9.99. The highest BCUT2D eigenvalue weighted by atomic mass is 16.5. The number of carbonyl (C=O) groups is 1. The molecule has 1 aromatic heterocycles. The van der Waals surface area contributed by atoms with Crippen molar-refractivity contribution in [2.75, 3.05) is 29.9 Å². The molecule has 1 aliphatic rings. The van der Waals surface area contributed by atoms with Crippen LogP contribution in [0.4, 0.5) is 11.5 Å². The monoisotopic (exact) mass is 403 g/mol. The van der Waals surface area contributed by atoms with Crippen LogP contribution in [0.25, 0.3) is 10.9 Å². The van der Waals surface area contributed by atoms with Crippen molar-refractivity contribution in [2.24, 2.45) is 5.92 Å². The van der Waals surface area contributed by atoms with Crippen LogP contribution in [0, 0.1) is 19.8 Å². The molecule has 30 heavy (non-hydrogen) atoms. The highest BCUT2D eigenvalue weighted by molar-refractivity contribution is 5.92. The Morgan fingerprint density at radius 2 is 1.83 bits per heavy atom. The van der Waals surface area contributed by atoms with E-state index in [0.29, 0.717) is 5.75 Å². The fourth-order valence-corrected chi connectivity index (χ4v) is 4.03. The molecule has 1 aliphatic heterocycles. The average Bonchev–Trinajstić information content (AvgIpc) is 2.71. The largest absolute Gasteiger partial charge is 0.481 e. The summed E-state index contributed by atoms with van der Waals surface area (Å²) in [6, 6.07) is 16.0. The van der Waals surface area contributed by atoms with Crippen molar-refractivity contribution in [1.29, 1.82) is 0 Å². The lowest BCUT2D eigenvalue weighted by Crippen LogP contribution is -2.33. The van der Waals surface area contributed by atoms with Crippen molar-refractivity contribution in [3.63, 3.8) is 0 Å². The number of aromatic nitrogens is 1. The van der Waals surface area contributed by atoms with Crippen molar-refractivity contribution in [2.45, 2.75) is 33.6 Å². The van der Waals surface area contributed by atoms with Crippen LogP contribution in [-0.4, -0.2) is 30.6 Å². The number of piperidine rings is 1. The first-order chi connectivity index (χ1) is 14.5. The van der Waals surface area contributed by atoms with Gasteiger partial charge in [0.15, 0.2) is 6.61 Å². The quantitative estimate of drug-likeness (QED) is 0.643. The van der Waals surface area contributed by atoms with Gasteiger partial charge in [-0.3, -0.25) is 4.79 Å². The van der Waals surface area contributed by atoms with Crippen LogP contribution in [0.5, 0.6) is 5.75 Å². The zero-order valence-corrected chi connectivity index (χ0v) is 17.9. The molecule has 5 nitrogen and oxygen atoms in total. The third-order valence-electron chi connectivity index (χ3n) is 5.64. The van der Waals surface area contributed by atoms with E-state index >= 15 is 0 Å². The van der Waals surface area contributed by atoms with E-state index < -0.39 is 0 Å². The molecule has 0 aliphatic carbocycles. The third kappa shape index (κ3) is 4.73. The van der Waals surface area contributed by atoms with E-state index in [1.165, 1.54) is 12.8 Å². The summed E-state index contributed by atoms with van der Waals surface area (Å²) in [5, 5.41) is 3.93. The molecule has 1 amide bonds. The van der Waals surface area contributed by atoms with Gasteiger partial charge in [0.05, 0.1) is 0 Å². The molecule has 0 spiro atoms. The maximum Gasteiger partial charge on any atom is 0.262 e. The molecule has 0 unspecified atom stereocenters. The maximum atomic E-state index is 12.4. The van der Waals surface area contributed by atoms with E-state index in [9.17, 15) is 4.79 Å². The molecule has 0 atom stereocenters. The number of ether oxygens (including phenoxy) is 1. The highest BCUT2D eigenvalue weighted by Gasteiger charge is 2.18. The number of nitrogens with one attached hydrogen (secondary N) is 1. The smallest absolute Gasteiger partial charge is 0.262 e. The molecule has 1 N–H and O–H groups in total. The Balaban J connectivity index is 1.48.